The lowest BCUT2D eigenvalue weighted by molar-refractivity contribution is -0.123. The van der Waals surface area contributed by atoms with E-state index in [-0.39, 0.29) is 22.3 Å². The van der Waals surface area contributed by atoms with E-state index < -0.39 is 5.41 Å². The minimum absolute atomic E-state index is 0.211. The number of carbonyl (C=O) groups excluding carboxylic acids is 1. The van der Waals surface area contributed by atoms with Crippen LogP contribution in [-0.2, 0) is 4.79 Å². The van der Waals surface area contributed by atoms with Crippen molar-refractivity contribution in [2.45, 2.75) is 20.8 Å². The number of rotatable bonds is 5. The molecule has 3 rings (SSSR count). The van der Waals surface area contributed by atoms with Crippen molar-refractivity contribution >= 4 is 22.6 Å². The highest BCUT2D eigenvalue weighted by Crippen LogP contribution is 2.36. The number of ether oxygens (including phenoxy) is 3. The fourth-order valence-corrected chi connectivity index (χ4v) is 2.95. The number of methoxy groups -OCH3 is 3. The Kier molecular flexibility index (Phi) is 5.73. The third-order valence-electron chi connectivity index (χ3n) is 4.66. The van der Waals surface area contributed by atoms with Crippen molar-refractivity contribution in [1.82, 2.24) is 0 Å². The zero-order valence-corrected chi connectivity index (χ0v) is 17.9. The van der Waals surface area contributed by atoms with E-state index >= 15 is 0 Å². The SMILES string of the molecule is COc1ccc(-c2cc(=O)c3c(NC(=O)C(C)(C)C)ccc(OC)c3o2)cc1OC. The first-order valence-electron chi connectivity index (χ1n) is 9.38. The van der Waals surface area contributed by atoms with Gasteiger partial charge in [-0.2, -0.15) is 0 Å². The largest absolute Gasteiger partial charge is 0.493 e. The van der Waals surface area contributed by atoms with Gasteiger partial charge in [0, 0.05) is 17.0 Å². The highest BCUT2D eigenvalue weighted by Gasteiger charge is 2.24. The Hall–Kier alpha value is -3.48. The molecule has 0 spiro atoms. The number of benzene rings is 2. The Morgan fingerprint density at radius 1 is 0.900 bits per heavy atom. The normalized spacial score (nSPS) is 11.3. The van der Waals surface area contributed by atoms with Crippen LogP contribution in [-0.4, -0.2) is 27.2 Å². The maximum atomic E-state index is 13.0. The quantitative estimate of drug-likeness (QED) is 0.667. The monoisotopic (exact) mass is 411 g/mol. The van der Waals surface area contributed by atoms with Gasteiger partial charge < -0.3 is 23.9 Å². The molecule has 158 valence electrons. The molecule has 1 heterocycles. The minimum Gasteiger partial charge on any atom is -0.493 e. The summed E-state index contributed by atoms with van der Waals surface area (Å²) < 4.78 is 22.0. The van der Waals surface area contributed by atoms with Gasteiger partial charge in [0.1, 0.15) is 5.76 Å². The lowest BCUT2D eigenvalue weighted by Crippen LogP contribution is -2.28. The molecule has 3 aromatic rings. The summed E-state index contributed by atoms with van der Waals surface area (Å²) in [5, 5.41) is 3.07. The third-order valence-corrected chi connectivity index (χ3v) is 4.66. The van der Waals surface area contributed by atoms with Crippen LogP contribution in [0.25, 0.3) is 22.3 Å². The van der Waals surface area contributed by atoms with Gasteiger partial charge in [0.15, 0.2) is 28.3 Å². The number of carbonyl (C=O) groups is 1. The van der Waals surface area contributed by atoms with E-state index in [1.165, 1.54) is 20.3 Å². The molecule has 0 aliphatic carbocycles. The number of fused-ring (bicyclic) bond motifs is 1. The molecule has 7 nitrogen and oxygen atoms in total. The van der Waals surface area contributed by atoms with Gasteiger partial charge in [-0.1, -0.05) is 20.8 Å². The molecule has 30 heavy (non-hydrogen) atoms. The van der Waals surface area contributed by atoms with Crippen molar-refractivity contribution in [2.24, 2.45) is 5.41 Å². The zero-order valence-electron chi connectivity index (χ0n) is 17.9. The van der Waals surface area contributed by atoms with E-state index in [9.17, 15) is 9.59 Å². The van der Waals surface area contributed by atoms with Crippen molar-refractivity contribution < 1.29 is 23.4 Å². The molecule has 2 aromatic carbocycles. The number of anilines is 1. The number of hydrogen-bond donors (Lipinski definition) is 1. The van der Waals surface area contributed by atoms with Gasteiger partial charge in [-0.3, -0.25) is 9.59 Å². The molecule has 1 amide bonds. The van der Waals surface area contributed by atoms with Crippen molar-refractivity contribution in [3.8, 4) is 28.6 Å². The van der Waals surface area contributed by atoms with Gasteiger partial charge in [0.05, 0.1) is 32.4 Å². The molecule has 0 unspecified atom stereocenters. The van der Waals surface area contributed by atoms with Crippen molar-refractivity contribution in [3.05, 3.63) is 46.6 Å². The molecule has 0 fully saturated rings. The van der Waals surface area contributed by atoms with Crippen LogP contribution in [0.1, 0.15) is 20.8 Å². The van der Waals surface area contributed by atoms with Crippen LogP contribution < -0.4 is 25.0 Å². The maximum Gasteiger partial charge on any atom is 0.229 e. The van der Waals surface area contributed by atoms with Crippen LogP contribution >= 0.6 is 0 Å². The van der Waals surface area contributed by atoms with Gasteiger partial charge in [0.25, 0.3) is 0 Å². The van der Waals surface area contributed by atoms with Gasteiger partial charge in [-0.25, -0.2) is 0 Å². The average molecular weight is 411 g/mol. The predicted molar refractivity (Wildman–Crippen MR) is 116 cm³/mol. The molecule has 0 radical (unpaired) electrons. The first kappa shape index (κ1) is 21.2. The first-order valence-corrected chi connectivity index (χ1v) is 9.38. The summed E-state index contributed by atoms with van der Waals surface area (Å²) in [7, 11) is 4.57. The summed E-state index contributed by atoms with van der Waals surface area (Å²) in [5.41, 5.74) is 0.341. The first-order chi connectivity index (χ1) is 14.2. The average Bonchev–Trinajstić information content (AvgIpc) is 2.72. The Morgan fingerprint density at radius 3 is 2.13 bits per heavy atom. The molecular formula is C23H25NO6. The van der Waals surface area contributed by atoms with Crippen molar-refractivity contribution in [1.29, 1.82) is 0 Å². The standard InChI is InChI=1S/C23H25NO6/c1-23(2,3)22(26)24-14-8-10-17(28-5)21-20(14)15(25)12-18(30-21)13-7-9-16(27-4)19(11-13)29-6/h7-12H,1-6H3,(H,24,26). The number of amides is 1. The van der Waals surface area contributed by atoms with Gasteiger partial charge in [-0.05, 0) is 30.3 Å². The Labute approximate surface area is 174 Å². The zero-order chi connectivity index (χ0) is 22.1. The van der Waals surface area contributed by atoms with Crippen LogP contribution in [0.3, 0.4) is 0 Å². The van der Waals surface area contributed by atoms with Crippen LogP contribution in [0.2, 0.25) is 0 Å². The molecule has 0 bridgehead atoms. The highest BCUT2D eigenvalue weighted by atomic mass is 16.5. The second-order valence-electron chi connectivity index (χ2n) is 7.77. The summed E-state index contributed by atoms with van der Waals surface area (Å²) in [6, 6.07) is 9.90. The molecule has 0 saturated heterocycles. The second-order valence-corrected chi connectivity index (χ2v) is 7.77. The van der Waals surface area contributed by atoms with E-state index in [4.69, 9.17) is 18.6 Å². The number of hydrogen-bond acceptors (Lipinski definition) is 6. The molecule has 0 saturated carbocycles. The van der Waals surface area contributed by atoms with E-state index in [1.54, 1.807) is 58.2 Å². The van der Waals surface area contributed by atoms with Gasteiger partial charge >= 0.3 is 0 Å². The summed E-state index contributed by atoms with van der Waals surface area (Å²) >= 11 is 0. The molecule has 0 atom stereocenters. The Balaban J connectivity index is 2.20. The fraction of sp³-hybridized carbons (Fsp3) is 0.304. The molecule has 7 heteroatoms. The second kappa shape index (κ2) is 8.10. The lowest BCUT2D eigenvalue weighted by Gasteiger charge is -2.19. The predicted octanol–water partition coefficient (Wildman–Crippen LogP) is 4.47. The van der Waals surface area contributed by atoms with Gasteiger partial charge in [0.2, 0.25) is 5.91 Å². The molecule has 1 aromatic heterocycles. The Bertz CT molecular complexity index is 1160. The summed E-state index contributed by atoms with van der Waals surface area (Å²) in [4.78, 5) is 25.5. The van der Waals surface area contributed by atoms with E-state index in [0.29, 0.717) is 34.3 Å². The van der Waals surface area contributed by atoms with Crippen molar-refractivity contribution in [2.75, 3.05) is 26.6 Å². The van der Waals surface area contributed by atoms with E-state index in [2.05, 4.69) is 5.32 Å². The minimum atomic E-state index is -0.619. The maximum absolute atomic E-state index is 13.0. The fourth-order valence-electron chi connectivity index (χ4n) is 2.95. The van der Waals surface area contributed by atoms with E-state index in [0.717, 1.165) is 0 Å². The van der Waals surface area contributed by atoms with E-state index in [1.807, 2.05) is 0 Å². The molecule has 0 aliphatic rings. The van der Waals surface area contributed by atoms with Crippen LogP contribution in [0.5, 0.6) is 17.2 Å². The molecular weight excluding hydrogens is 386 g/mol. The van der Waals surface area contributed by atoms with Crippen molar-refractivity contribution in [3.63, 3.8) is 0 Å². The summed E-state index contributed by atoms with van der Waals surface area (Å²) in [6.07, 6.45) is 0. The summed E-state index contributed by atoms with van der Waals surface area (Å²) in [5.74, 6) is 1.59. The molecule has 0 aliphatic heterocycles. The van der Waals surface area contributed by atoms with Crippen LogP contribution in [0.4, 0.5) is 5.69 Å². The van der Waals surface area contributed by atoms with Crippen LogP contribution in [0, 0.1) is 5.41 Å². The summed E-state index contributed by atoms with van der Waals surface area (Å²) in [6.45, 7) is 5.39. The lowest BCUT2D eigenvalue weighted by atomic mass is 9.95. The highest BCUT2D eigenvalue weighted by molar-refractivity contribution is 6.04. The third kappa shape index (κ3) is 3.96. The Morgan fingerprint density at radius 2 is 1.53 bits per heavy atom. The number of nitrogens with one attached hydrogen (secondary N) is 1. The van der Waals surface area contributed by atoms with Crippen LogP contribution in [0.15, 0.2) is 45.6 Å². The smallest absolute Gasteiger partial charge is 0.229 e. The van der Waals surface area contributed by atoms with Gasteiger partial charge in [-0.15, -0.1) is 0 Å². The molecule has 1 N–H and O–H groups in total. The topological polar surface area (TPSA) is 87.0 Å².